The van der Waals surface area contributed by atoms with Crippen LogP contribution < -0.4 is 9.64 Å². The van der Waals surface area contributed by atoms with Gasteiger partial charge in [-0.15, -0.1) is 0 Å². The molecule has 3 aromatic carbocycles. The molecule has 0 unspecified atom stereocenters. The first-order chi connectivity index (χ1) is 12.7. The van der Waals surface area contributed by atoms with E-state index in [4.69, 9.17) is 4.74 Å². The predicted octanol–water partition coefficient (Wildman–Crippen LogP) is 4.67. The van der Waals surface area contributed by atoms with Gasteiger partial charge in [-0.3, -0.25) is 4.79 Å². The molecule has 4 aromatic rings. The standard InChI is InChI=1S/C22H18N2O2/c1-24(18-12-11-15-7-3-4-8-16(15)13-18)22(25)20-14-17-9-5-6-10-19(17)21(23-20)26-2/h3-14H,1-2H3. The first kappa shape index (κ1) is 16.1. The maximum Gasteiger partial charge on any atom is 0.276 e. The Bertz CT molecular complexity index is 1120. The Labute approximate surface area is 151 Å². The lowest BCUT2D eigenvalue weighted by atomic mass is 10.1. The molecule has 0 bridgehead atoms. The Morgan fingerprint density at radius 2 is 1.58 bits per heavy atom. The monoisotopic (exact) mass is 342 g/mol. The Kier molecular flexibility index (Phi) is 4.01. The first-order valence-electron chi connectivity index (χ1n) is 8.38. The highest BCUT2D eigenvalue weighted by Gasteiger charge is 2.18. The Hall–Kier alpha value is -3.40. The number of fused-ring (bicyclic) bond motifs is 2. The third kappa shape index (κ3) is 2.75. The molecule has 4 rings (SSSR count). The number of hydrogen-bond donors (Lipinski definition) is 0. The number of benzene rings is 3. The first-order valence-corrected chi connectivity index (χ1v) is 8.38. The molecular weight excluding hydrogens is 324 g/mol. The van der Waals surface area contributed by atoms with E-state index in [0.717, 1.165) is 27.2 Å². The fraction of sp³-hybridized carbons (Fsp3) is 0.0909. The van der Waals surface area contributed by atoms with Crippen LogP contribution in [0.1, 0.15) is 10.5 Å². The van der Waals surface area contributed by atoms with Gasteiger partial charge in [0.15, 0.2) is 0 Å². The number of carbonyl (C=O) groups excluding carboxylic acids is 1. The van der Waals surface area contributed by atoms with Crippen molar-refractivity contribution in [2.45, 2.75) is 0 Å². The lowest BCUT2D eigenvalue weighted by molar-refractivity contribution is 0.0987. The zero-order valence-corrected chi connectivity index (χ0v) is 14.6. The number of carbonyl (C=O) groups is 1. The normalized spacial score (nSPS) is 10.8. The number of ether oxygens (including phenoxy) is 1. The van der Waals surface area contributed by atoms with Crippen LogP contribution in [0, 0.1) is 0 Å². The van der Waals surface area contributed by atoms with Gasteiger partial charge in [0.05, 0.1) is 7.11 Å². The van der Waals surface area contributed by atoms with E-state index in [1.54, 1.807) is 25.1 Å². The molecule has 0 spiro atoms. The van der Waals surface area contributed by atoms with Gasteiger partial charge in [-0.1, -0.05) is 48.5 Å². The van der Waals surface area contributed by atoms with Crippen LogP contribution in [0.4, 0.5) is 5.69 Å². The minimum Gasteiger partial charge on any atom is -0.481 e. The highest BCUT2D eigenvalue weighted by Crippen LogP contribution is 2.26. The molecule has 1 heterocycles. The van der Waals surface area contributed by atoms with Gasteiger partial charge in [-0.05, 0) is 40.4 Å². The molecule has 0 aliphatic heterocycles. The quantitative estimate of drug-likeness (QED) is 0.543. The second-order valence-corrected chi connectivity index (χ2v) is 6.13. The molecule has 0 fully saturated rings. The molecule has 0 aliphatic rings. The van der Waals surface area contributed by atoms with Gasteiger partial charge in [0, 0.05) is 18.1 Å². The van der Waals surface area contributed by atoms with Crippen LogP contribution in [-0.2, 0) is 0 Å². The van der Waals surface area contributed by atoms with Gasteiger partial charge in [0.2, 0.25) is 5.88 Å². The number of pyridine rings is 1. The summed E-state index contributed by atoms with van der Waals surface area (Å²) in [6, 6.07) is 23.6. The summed E-state index contributed by atoms with van der Waals surface area (Å²) < 4.78 is 5.38. The number of nitrogens with zero attached hydrogens (tertiary/aromatic N) is 2. The summed E-state index contributed by atoms with van der Waals surface area (Å²) in [5.41, 5.74) is 1.18. The van der Waals surface area contributed by atoms with Crippen molar-refractivity contribution < 1.29 is 9.53 Å². The third-order valence-electron chi connectivity index (χ3n) is 4.54. The topological polar surface area (TPSA) is 42.4 Å². The van der Waals surface area contributed by atoms with Gasteiger partial charge >= 0.3 is 0 Å². The van der Waals surface area contributed by atoms with E-state index in [1.165, 1.54) is 0 Å². The molecule has 0 aliphatic carbocycles. The summed E-state index contributed by atoms with van der Waals surface area (Å²) in [4.78, 5) is 19.0. The fourth-order valence-corrected chi connectivity index (χ4v) is 3.11. The number of rotatable bonds is 3. The highest BCUT2D eigenvalue weighted by atomic mass is 16.5. The maximum atomic E-state index is 13.0. The van der Waals surface area contributed by atoms with E-state index in [0.29, 0.717) is 11.6 Å². The molecule has 0 radical (unpaired) electrons. The second-order valence-electron chi connectivity index (χ2n) is 6.13. The maximum absolute atomic E-state index is 13.0. The van der Waals surface area contributed by atoms with Crippen LogP contribution >= 0.6 is 0 Å². The SMILES string of the molecule is COc1nc(C(=O)N(C)c2ccc3ccccc3c2)cc2ccccc12. The highest BCUT2D eigenvalue weighted by molar-refractivity contribution is 6.07. The zero-order valence-electron chi connectivity index (χ0n) is 14.6. The molecular formula is C22H18N2O2. The molecule has 26 heavy (non-hydrogen) atoms. The summed E-state index contributed by atoms with van der Waals surface area (Å²) >= 11 is 0. The van der Waals surface area contributed by atoms with E-state index in [2.05, 4.69) is 11.1 Å². The van der Waals surface area contributed by atoms with Crippen molar-refractivity contribution >= 4 is 33.1 Å². The molecule has 0 saturated heterocycles. The molecule has 4 nitrogen and oxygen atoms in total. The number of methoxy groups -OCH3 is 1. The Morgan fingerprint density at radius 1 is 0.885 bits per heavy atom. The molecule has 0 N–H and O–H groups in total. The third-order valence-corrected chi connectivity index (χ3v) is 4.54. The van der Waals surface area contributed by atoms with E-state index in [1.807, 2.05) is 60.7 Å². The second kappa shape index (κ2) is 6.48. The van der Waals surface area contributed by atoms with Gasteiger partial charge in [-0.25, -0.2) is 4.98 Å². The number of hydrogen-bond acceptors (Lipinski definition) is 3. The number of aromatic nitrogens is 1. The molecule has 0 saturated carbocycles. The van der Waals surface area contributed by atoms with Gasteiger partial charge < -0.3 is 9.64 Å². The molecule has 1 amide bonds. The lowest BCUT2D eigenvalue weighted by Crippen LogP contribution is -2.27. The average molecular weight is 342 g/mol. The summed E-state index contributed by atoms with van der Waals surface area (Å²) in [5.74, 6) is 0.280. The van der Waals surface area contributed by atoms with Crippen LogP contribution in [0.5, 0.6) is 5.88 Å². The van der Waals surface area contributed by atoms with Gasteiger partial charge in [0.25, 0.3) is 5.91 Å². The van der Waals surface area contributed by atoms with Crippen molar-refractivity contribution in [2.24, 2.45) is 0 Å². The summed E-state index contributed by atoms with van der Waals surface area (Å²) in [5, 5.41) is 4.05. The van der Waals surface area contributed by atoms with Crippen LogP contribution in [0.25, 0.3) is 21.5 Å². The zero-order chi connectivity index (χ0) is 18.1. The van der Waals surface area contributed by atoms with Crippen LogP contribution in [0.15, 0.2) is 72.8 Å². The predicted molar refractivity (Wildman–Crippen MR) is 105 cm³/mol. The lowest BCUT2D eigenvalue weighted by Gasteiger charge is -2.18. The summed E-state index contributed by atoms with van der Waals surface area (Å²) in [7, 11) is 3.33. The Balaban J connectivity index is 1.75. The van der Waals surface area contributed by atoms with E-state index < -0.39 is 0 Å². The van der Waals surface area contributed by atoms with Crippen LogP contribution in [-0.4, -0.2) is 25.0 Å². The van der Waals surface area contributed by atoms with E-state index in [9.17, 15) is 4.79 Å². The van der Waals surface area contributed by atoms with Crippen molar-refractivity contribution in [3.05, 3.63) is 78.5 Å². The van der Waals surface area contributed by atoms with Crippen molar-refractivity contribution in [3.63, 3.8) is 0 Å². The van der Waals surface area contributed by atoms with Crippen molar-refractivity contribution in [1.82, 2.24) is 4.98 Å². The van der Waals surface area contributed by atoms with Gasteiger partial charge in [-0.2, -0.15) is 0 Å². The minimum atomic E-state index is -0.177. The Morgan fingerprint density at radius 3 is 2.35 bits per heavy atom. The minimum absolute atomic E-state index is 0.177. The molecule has 0 atom stereocenters. The summed E-state index contributed by atoms with van der Waals surface area (Å²) in [6.07, 6.45) is 0. The van der Waals surface area contributed by atoms with Crippen LogP contribution in [0.2, 0.25) is 0 Å². The molecule has 1 aromatic heterocycles. The average Bonchev–Trinajstić information content (AvgIpc) is 2.71. The smallest absolute Gasteiger partial charge is 0.276 e. The van der Waals surface area contributed by atoms with Crippen molar-refractivity contribution in [3.8, 4) is 5.88 Å². The summed E-state index contributed by atoms with van der Waals surface area (Å²) in [6.45, 7) is 0. The fourth-order valence-electron chi connectivity index (χ4n) is 3.11. The van der Waals surface area contributed by atoms with E-state index >= 15 is 0 Å². The molecule has 4 heteroatoms. The number of amides is 1. The van der Waals surface area contributed by atoms with Crippen molar-refractivity contribution in [2.75, 3.05) is 19.1 Å². The largest absolute Gasteiger partial charge is 0.481 e. The van der Waals surface area contributed by atoms with Crippen LogP contribution in [0.3, 0.4) is 0 Å². The van der Waals surface area contributed by atoms with Crippen molar-refractivity contribution in [1.29, 1.82) is 0 Å². The number of anilines is 1. The molecule has 128 valence electrons. The van der Waals surface area contributed by atoms with E-state index in [-0.39, 0.29) is 5.91 Å². The van der Waals surface area contributed by atoms with Gasteiger partial charge in [0.1, 0.15) is 5.69 Å².